The highest BCUT2D eigenvalue weighted by molar-refractivity contribution is 5.88. The molecule has 1 aliphatic carbocycles. The second kappa shape index (κ2) is 4.89. The number of nitrogens with one attached hydrogen (secondary N) is 1. The van der Waals surface area contributed by atoms with Gasteiger partial charge in [-0.2, -0.15) is 0 Å². The van der Waals surface area contributed by atoms with E-state index < -0.39 is 5.97 Å². The number of phenols is 1. The van der Waals surface area contributed by atoms with Crippen LogP contribution in [0.3, 0.4) is 0 Å². The Morgan fingerprint density at radius 3 is 2.60 bits per heavy atom. The number of carboxylic acid groups (broad SMARTS) is 1. The number of carboxylic acids is 1. The molecule has 2 aromatic carbocycles. The van der Waals surface area contributed by atoms with Crippen molar-refractivity contribution in [1.82, 2.24) is 0 Å². The number of phenolic OH excluding ortho intramolecular Hbond substituents is 1. The highest BCUT2D eigenvalue weighted by Gasteiger charge is 2.22. The molecule has 20 heavy (non-hydrogen) atoms. The monoisotopic (exact) mass is 269 g/mol. The van der Waals surface area contributed by atoms with Crippen LogP contribution in [0.15, 0.2) is 42.5 Å². The Morgan fingerprint density at radius 2 is 1.90 bits per heavy atom. The van der Waals surface area contributed by atoms with Gasteiger partial charge in [0.05, 0.1) is 11.6 Å². The number of aryl methyl sites for hydroxylation is 1. The second-order valence-corrected chi connectivity index (χ2v) is 5.00. The molecule has 0 aromatic heterocycles. The van der Waals surface area contributed by atoms with E-state index >= 15 is 0 Å². The molecule has 2 aromatic rings. The number of rotatable bonds is 3. The Bertz CT molecular complexity index is 649. The van der Waals surface area contributed by atoms with Crippen LogP contribution < -0.4 is 5.32 Å². The minimum atomic E-state index is -0.918. The third-order valence-corrected chi connectivity index (χ3v) is 3.68. The first-order valence-electron chi connectivity index (χ1n) is 6.55. The molecule has 1 aliphatic rings. The van der Waals surface area contributed by atoms with Gasteiger partial charge in [-0.15, -0.1) is 0 Å². The molecule has 1 unspecified atom stereocenters. The number of anilines is 1. The molecule has 0 fully saturated rings. The fourth-order valence-electron chi connectivity index (χ4n) is 2.66. The molecule has 3 N–H and O–H groups in total. The highest BCUT2D eigenvalue weighted by Crippen LogP contribution is 2.35. The Hall–Kier alpha value is -2.49. The highest BCUT2D eigenvalue weighted by atomic mass is 16.4. The van der Waals surface area contributed by atoms with E-state index in [9.17, 15) is 9.90 Å². The van der Waals surface area contributed by atoms with Gasteiger partial charge < -0.3 is 15.5 Å². The van der Waals surface area contributed by atoms with Crippen LogP contribution in [0.4, 0.5) is 5.69 Å². The van der Waals surface area contributed by atoms with E-state index in [0.717, 1.165) is 18.5 Å². The molecule has 0 saturated carbocycles. The van der Waals surface area contributed by atoms with Gasteiger partial charge in [0, 0.05) is 5.69 Å². The first-order valence-corrected chi connectivity index (χ1v) is 6.55. The zero-order valence-corrected chi connectivity index (χ0v) is 10.8. The van der Waals surface area contributed by atoms with Crippen LogP contribution in [-0.2, 0) is 6.42 Å². The summed E-state index contributed by atoms with van der Waals surface area (Å²) in [7, 11) is 0. The lowest BCUT2D eigenvalue weighted by Crippen LogP contribution is -2.07. The normalized spacial score (nSPS) is 16.7. The number of hydrogen-bond donors (Lipinski definition) is 3. The van der Waals surface area contributed by atoms with Crippen LogP contribution in [0.2, 0.25) is 0 Å². The fraction of sp³-hybridized carbons (Fsp3) is 0.188. The fourth-order valence-corrected chi connectivity index (χ4v) is 2.66. The van der Waals surface area contributed by atoms with E-state index in [1.54, 1.807) is 30.3 Å². The Balaban J connectivity index is 1.78. The van der Waals surface area contributed by atoms with Crippen molar-refractivity contribution in [3.05, 3.63) is 59.2 Å². The van der Waals surface area contributed by atoms with Gasteiger partial charge in [-0.1, -0.05) is 6.07 Å². The lowest BCUT2D eigenvalue weighted by molar-refractivity contribution is 0.0697. The first kappa shape index (κ1) is 12.5. The van der Waals surface area contributed by atoms with E-state index in [1.807, 2.05) is 12.1 Å². The summed E-state index contributed by atoms with van der Waals surface area (Å²) in [5, 5.41) is 21.8. The van der Waals surface area contributed by atoms with Gasteiger partial charge >= 0.3 is 5.97 Å². The molecular weight excluding hydrogens is 254 g/mol. The number of fused-ring (bicyclic) bond motifs is 1. The molecule has 0 bridgehead atoms. The summed E-state index contributed by atoms with van der Waals surface area (Å²) in [6.07, 6.45) is 1.91. The average Bonchev–Trinajstić information content (AvgIpc) is 2.81. The predicted octanol–water partition coefficient (Wildman–Crippen LogP) is 3.19. The van der Waals surface area contributed by atoms with Crippen molar-refractivity contribution >= 4 is 11.7 Å². The molecule has 4 heteroatoms. The van der Waals surface area contributed by atoms with Crippen LogP contribution in [-0.4, -0.2) is 16.2 Å². The molecule has 102 valence electrons. The van der Waals surface area contributed by atoms with Crippen molar-refractivity contribution in [3.63, 3.8) is 0 Å². The van der Waals surface area contributed by atoms with E-state index in [4.69, 9.17) is 5.11 Å². The average molecular weight is 269 g/mol. The van der Waals surface area contributed by atoms with Gasteiger partial charge in [-0.25, -0.2) is 4.79 Å². The van der Waals surface area contributed by atoms with Crippen LogP contribution in [0.5, 0.6) is 5.75 Å². The SMILES string of the molecule is O=C(O)c1ccc(NC2CCc3cc(O)ccc32)cc1. The first-order chi connectivity index (χ1) is 9.63. The molecule has 0 aliphatic heterocycles. The van der Waals surface area contributed by atoms with Crippen LogP contribution >= 0.6 is 0 Å². The van der Waals surface area contributed by atoms with Crippen molar-refractivity contribution in [2.24, 2.45) is 0 Å². The molecule has 3 rings (SSSR count). The standard InChI is InChI=1S/C16H15NO3/c18-13-6-7-14-11(9-13)3-8-15(14)17-12-4-1-10(2-5-12)16(19)20/h1-2,4-7,9,15,17-18H,3,8H2,(H,19,20). The summed E-state index contributed by atoms with van der Waals surface area (Å²) in [4.78, 5) is 10.8. The van der Waals surface area contributed by atoms with E-state index in [0.29, 0.717) is 5.75 Å². The molecule has 0 heterocycles. The lowest BCUT2D eigenvalue weighted by Gasteiger charge is -2.15. The summed E-state index contributed by atoms with van der Waals surface area (Å²) >= 11 is 0. The quantitative estimate of drug-likeness (QED) is 0.800. The lowest BCUT2D eigenvalue weighted by atomic mass is 10.1. The number of aromatic carboxylic acids is 1. The maximum Gasteiger partial charge on any atom is 0.335 e. The van der Waals surface area contributed by atoms with Crippen molar-refractivity contribution in [1.29, 1.82) is 0 Å². The van der Waals surface area contributed by atoms with Crippen LogP contribution in [0.1, 0.15) is 33.9 Å². The van der Waals surface area contributed by atoms with Gasteiger partial charge in [0.2, 0.25) is 0 Å². The largest absolute Gasteiger partial charge is 0.508 e. The van der Waals surface area contributed by atoms with E-state index in [-0.39, 0.29) is 11.6 Å². The molecule has 4 nitrogen and oxygen atoms in total. The number of aromatic hydroxyl groups is 1. The van der Waals surface area contributed by atoms with E-state index in [2.05, 4.69) is 5.32 Å². The molecule has 0 radical (unpaired) electrons. The third kappa shape index (κ3) is 2.32. The van der Waals surface area contributed by atoms with Crippen molar-refractivity contribution in [2.75, 3.05) is 5.32 Å². The Labute approximate surface area is 116 Å². The topological polar surface area (TPSA) is 69.6 Å². The summed E-state index contributed by atoms with van der Waals surface area (Å²) < 4.78 is 0. The molecule has 0 saturated heterocycles. The van der Waals surface area contributed by atoms with Gasteiger partial charge in [-0.05, 0) is 60.4 Å². The third-order valence-electron chi connectivity index (χ3n) is 3.68. The zero-order valence-electron chi connectivity index (χ0n) is 10.8. The number of carbonyl (C=O) groups is 1. The van der Waals surface area contributed by atoms with Crippen molar-refractivity contribution < 1.29 is 15.0 Å². The van der Waals surface area contributed by atoms with Gasteiger partial charge in [-0.3, -0.25) is 0 Å². The molecule has 0 spiro atoms. The molecule has 1 atom stereocenters. The summed E-state index contributed by atoms with van der Waals surface area (Å²) in [5.41, 5.74) is 3.56. The minimum Gasteiger partial charge on any atom is -0.508 e. The van der Waals surface area contributed by atoms with Crippen LogP contribution in [0.25, 0.3) is 0 Å². The number of hydrogen-bond acceptors (Lipinski definition) is 3. The van der Waals surface area contributed by atoms with Crippen molar-refractivity contribution in [2.45, 2.75) is 18.9 Å². The molecular formula is C16H15NO3. The zero-order chi connectivity index (χ0) is 14.1. The smallest absolute Gasteiger partial charge is 0.335 e. The Morgan fingerprint density at radius 1 is 1.15 bits per heavy atom. The predicted molar refractivity (Wildman–Crippen MR) is 76.2 cm³/mol. The Kier molecular flexibility index (Phi) is 3.06. The minimum absolute atomic E-state index is 0.210. The van der Waals surface area contributed by atoms with Crippen molar-refractivity contribution in [3.8, 4) is 5.75 Å². The molecule has 0 amide bonds. The van der Waals surface area contributed by atoms with Gasteiger partial charge in [0.15, 0.2) is 0 Å². The van der Waals surface area contributed by atoms with E-state index in [1.165, 1.54) is 11.1 Å². The second-order valence-electron chi connectivity index (χ2n) is 5.00. The summed E-state index contributed by atoms with van der Waals surface area (Å²) in [6.45, 7) is 0. The summed E-state index contributed by atoms with van der Waals surface area (Å²) in [5.74, 6) is -0.617. The number of benzene rings is 2. The maximum atomic E-state index is 10.8. The summed E-state index contributed by atoms with van der Waals surface area (Å²) in [6, 6.07) is 12.4. The van der Waals surface area contributed by atoms with Crippen LogP contribution in [0, 0.1) is 0 Å². The van der Waals surface area contributed by atoms with Gasteiger partial charge in [0.25, 0.3) is 0 Å². The maximum absolute atomic E-state index is 10.8. The van der Waals surface area contributed by atoms with Gasteiger partial charge in [0.1, 0.15) is 5.75 Å².